The number of anilines is 2. The first-order valence-electron chi connectivity index (χ1n) is 9.12. The molecule has 2 rings (SSSR count). The van der Waals surface area contributed by atoms with Crippen molar-refractivity contribution >= 4 is 17.3 Å². The van der Waals surface area contributed by atoms with Gasteiger partial charge in [0.05, 0.1) is 25.9 Å². The van der Waals surface area contributed by atoms with Gasteiger partial charge in [-0.2, -0.15) is 0 Å². The number of rotatable bonds is 11. The van der Waals surface area contributed by atoms with Gasteiger partial charge in [0.25, 0.3) is 0 Å². The second kappa shape index (κ2) is 11.0. The molecule has 26 heavy (non-hydrogen) atoms. The summed E-state index contributed by atoms with van der Waals surface area (Å²) in [6, 6.07) is 15.0. The minimum absolute atomic E-state index is 0.134. The lowest BCUT2D eigenvalue weighted by atomic mass is 10.2. The molecule has 0 unspecified atom stereocenters. The summed E-state index contributed by atoms with van der Waals surface area (Å²) >= 11 is 0. The van der Waals surface area contributed by atoms with E-state index < -0.39 is 0 Å². The van der Waals surface area contributed by atoms with E-state index in [1.54, 1.807) is 7.11 Å². The zero-order valence-corrected chi connectivity index (χ0v) is 15.6. The predicted molar refractivity (Wildman–Crippen MR) is 106 cm³/mol. The molecule has 0 atom stereocenters. The van der Waals surface area contributed by atoms with Gasteiger partial charge in [-0.15, -0.1) is 0 Å². The van der Waals surface area contributed by atoms with Crippen LogP contribution >= 0.6 is 0 Å². The fourth-order valence-electron chi connectivity index (χ4n) is 2.51. The smallest absolute Gasteiger partial charge is 0.243 e. The number of para-hydroxylation sites is 2. The third-order valence-corrected chi connectivity index (χ3v) is 3.96. The van der Waals surface area contributed by atoms with E-state index in [2.05, 4.69) is 17.6 Å². The Bertz CT molecular complexity index is 671. The lowest BCUT2D eigenvalue weighted by molar-refractivity contribution is -0.114. The topological polar surface area (TPSA) is 59.6 Å². The number of nitrogens with one attached hydrogen (secondary N) is 2. The molecule has 0 aliphatic carbocycles. The van der Waals surface area contributed by atoms with Crippen LogP contribution in [0.2, 0.25) is 0 Å². The Morgan fingerprint density at radius 2 is 1.77 bits per heavy atom. The second-order valence-corrected chi connectivity index (χ2v) is 6.04. The molecule has 0 aromatic heterocycles. The van der Waals surface area contributed by atoms with Gasteiger partial charge in [-0.05, 0) is 42.8 Å². The highest BCUT2D eigenvalue weighted by Crippen LogP contribution is 2.23. The second-order valence-electron chi connectivity index (χ2n) is 6.04. The van der Waals surface area contributed by atoms with E-state index in [0.717, 1.165) is 24.5 Å². The Morgan fingerprint density at radius 3 is 2.50 bits per heavy atom. The first-order chi connectivity index (χ1) is 12.7. The number of carbonyl (C=O) groups is 1. The van der Waals surface area contributed by atoms with Crippen molar-refractivity contribution < 1.29 is 14.3 Å². The first kappa shape index (κ1) is 19.6. The largest absolute Gasteiger partial charge is 0.495 e. The Morgan fingerprint density at radius 1 is 1.00 bits per heavy atom. The normalized spacial score (nSPS) is 10.2. The van der Waals surface area contributed by atoms with Crippen LogP contribution in [0.25, 0.3) is 0 Å². The Labute approximate surface area is 155 Å². The van der Waals surface area contributed by atoms with Gasteiger partial charge in [0, 0.05) is 5.69 Å². The summed E-state index contributed by atoms with van der Waals surface area (Å²) in [5.41, 5.74) is 1.53. The summed E-state index contributed by atoms with van der Waals surface area (Å²) in [4.78, 5) is 12.1. The molecular weight excluding hydrogens is 328 g/mol. The summed E-state index contributed by atoms with van der Waals surface area (Å²) in [5, 5.41) is 5.94. The highest BCUT2D eigenvalue weighted by molar-refractivity contribution is 5.95. The number of benzene rings is 2. The molecule has 1 amide bonds. The zero-order valence-electron chi connectivity index (χ0n) is 15.6. The number of carbonyl (C=O) groups excluding carboxylic acids is 1. The van der Waals surface area contributed by atoms with Gasteiger partial charge in [0.2, 0.25) is 5.91 Å². The van der Waals surface area contributed by atoms with Gasteiger partial charge in [0.15, 0.2) is 0 Å². The van der Waals surface area contributed by atoms with E-state index in [9.17, 15) is 4.79 Å². The van der Waals surface area contributed by atoms with E-state index in [0.29, 0.717) is 11.4 Å². The van der Waals surface area contributed by atoms with Crippen molar-refractivity contribution in [2.45, 2.75) is 32.6 Å². The van der Waals surface area contributed by atoms with Crippen molar-refractivity contribution in [3.05, 3.63) is 48.5 Å². The molecule has 0 heterocycles. The number of amides is 1. The number of ether oxygens (including phenoxy) is 2. The monoisotopic (exact) mass is 356 g/mol. The minimum atomic E-state index is -0.134. The van der Waals surface area contributed by atoms with Gasteiger partial charge < -0.3 is 20.1 Å². The van der Waals surface area contributed by atoms with E-state index >= 15 is 0 Å². The average molecular weight is 356 g/mol. The maximum absolute atomic E-state index is 12.1. The SMILES string of the molecule is CCCCCCOc1ccc(NCC(=O)Nc2ccccc2OC)cc1. The van der Waals surface area contributed by atoms with Gasteiger partial charge >= 0.3 is 0 Å². The van der Waals surface area contributed by atoms with Crippen LogP contribution in [-0.2, 0) is 4.79 Å². The number of unbranched alkanes of at least 4 members (excludes halogenated alkanes) is 3. The molecule has 0 radical (unpaired) electrons. The molecule has 0 fully saturated rings. The first-order valence-corrected chi connectivity index (χ1v) is 9.12. The molecular formula is C21H28N2O3. The minimum Gasteiger partial charge on any atom is -0.495 e. The molecule has 2 aromatic rings. The molecule has 0 saturated carbocycles. The maximum Gasteiger partial charge on any atom is 0.243 e. The van der Waals surface area contributed by atoms with Crippen LogP contribution in [0.5, 0.6) is 11.5 Å². The van der Waals surface area contributed by atoms with E-state index in [1.165, 1.54) is 19.3 Å². The standard InChI is InChI=1S/C21H28N2O3/c1-3-4-5-8-15-26-18-13-11-17(12-14-18)22-16-21(24)23-19-9-6-7-10-20(19)25-2/h6-7,9-14,22H,3-5,8,15-16H2,1-2H3,(H,23,24). The Hall–Kier alpha value is -2.69. The van der Waals surface area contributed by atoms with Gasteiger partial charge in [-0.25, -0.2) is 0 Å². The highest BCUT2D eigenvalue weighted by Gasteiger charge is 2.06. The predicted octanol–water partition coefficient (Wildman–Crippen LogP) is 4.70. The molecule has 140 valence electrons. The molecule has 2 N–H and O–H groups in total. The van der Waals surface area contributed by atoms with Crippen LogP contribution in [0.1, 0.15) is 32.6 Å². The fraction of sp³-hybridized carbons (Fsp3) is 0.381. The van der Waals surface area contributed by atoms with Crippen molar-refractivity contribution in [2.75, 3.05) is 30.9 Å². The van der Waals surface area contributed by atoms with Gasteiger partial charge in [-0.1, -0.05) is 38.3 Å². The van der Waals surface area contributed by atoms with Crippen molar-refractivity contribution in [2.24, 2.45) is 0 Å². The van der Waals surface area contributed by atoms with Crippen LogP contribution in [0.3, 0.4) is 0 Å². The summed E-state index contributed by atoms with van der Waals surface area (Å²) in [7, 11) is 1.58. The van der Waals surface area contributed by atoms with Crippen LogP contribution in [0.15, 0.2) is 48.5 Å². The Balaban J connectivity index is 1.74. The molecule has 0 aliphatic heterocycles. The van der Waals surface area contributed by atoms with Crippen LogP contribution in [0, 0.1) is 0 Å². The summed E-state index contributed by atoms with van der Waals surface area (Å²) in [5.74, 6) is 1.36. The number of hydrogen-bond acceptors (Lipinski definition) is 4. The molecule has 0 bridgehead atoms. The van der Waals surface area contributed by atoms with Crippen LogP contribution in [0.4, 0.5) is 11.4 Å². The molecule has 5 nitrogen and oxygen atoms in total. The van der Waals surface area contributed by atoms with Crippen molar-refractivity contribution in [1.29, 1.82) is 0 Å². The van der Waals surface area contributed by atoms with Gasteiger partial charge in [-0.3, -0.25) is 4.79 Å². The van der Waals surface area contributed by atoms with Crippen LogP contribution in [-0.4, -0.2) is 26.2 Å². The summed E-state index contributed by atoms with van der Waals surface area (Å²) < 4.78 is 10.9. The number of methoxy groups -OCH3 is 1. The fourth-order valence-corrected chi connectivity index (χ4v) is 2.51. The maximum atomic E-state index is 12.1. The average Bonchev–Trinajstić information content (AvgIpc) is 2.67. The summed E-state index contributed by atoms with van der Waals surface area (Å²) in [6.45, 7) is 3.12. The lowest BCUT2D eigenvalue weighted by Crippen LogP contribution is -2.22. The Kier molecular flexibility index (Phi) is 8.33. The zero-order chi connectivity index (χ0) is 18.6. The molecule has 0 saturated heterocycles. The van der Waals surface area contributed by atoms with Gasteiger partial charge in [0.1, 0.15) is 11.5 Å². The third-order valence-electron chi connectivity index (χ3n) is 3.96. The highest BCUT2D eigenvalue weighted by atomic mass is 16.5. The molecule has 0 spiro atoms. The van der Waals surface area contributed by atoms with E-state index in [-0.39, 0.29) is 12.5 Å². The lowest BCUT2D eigenvalue weighted by Gasteiger charge is -2.11. The third kappa shape index (κ3) is 6.67. The molecule has 2 aromatic carbocycles. The van der Waals surface area contributed by atoms with Crippen molar-refractivity contribution in [3.8, 4) is 11.5 Å². The van der Waals surface area contributed by atoms with Crippen molar-refractivity contribution in [1.82, 2.24) is 0 Å². The van der Waals surface area contributed by atoms with E-state index in [4.69, 9.17) is 9.47 Å². The summed E-state index contributed by atoms with van der Waals surface area (Å²) in [6.07, 6.45) is 4.77. The molecule has 0 aliphatic rings. The number of hydrogen-bond donors (Lipinski definition) is 2. The van der Waals surface area contributed by atoms with Crippen LogP contribution < -0.4 is 20.1 Å². The van der Waals surface area contributed by atoms with E-state index in [1.807, 2.05) is 48.5 Å². The quantitative estimate of drug-likeness (QED) is 0.573. The van der Waals surface area contributed by atoms with Crippen molar-refractivity contribution in [3.63, 3.8) is 0 Å². The molecule has 5 heteroatoms.